The first-order valence-corrected chi connectivity index (χ1v) is 15.9. The molecule has 3 fully saturated rings. The Hall–Kier alpha value is -3.76. The van der Waals surface area contributed by atoms with Crippen molar-refractivity contribution in [2.45, 2.75) is 84.2 Å². The summed E-state index contributed by atoms with van der Waals surface area (Å²) in [6, 6.07) is 6.80. The van der Waals surface area contributed by atoms with E-state index in [4.69, 9.17) is 24.5 Å². The van der Waals surface area contributed by atoms with E-state index in [1.807, 2.05) is 26.1 Å². The van der Waals surface area contributed by atoms with Crippen LogP contribution in [0.15, 0.2) is 54.2 Å². The second-order valence-electron chi connectivity index (χ2n) is 14.2. The van der Waals surface area contributed by atoms with Crippen molar-refractivity contribution in [3.8, 4) is 18.1 Å². The first kappa shape index (κ1) is 29.0. The minimum Gasteiger partial charge on any atom is -0.492 e. The molecule has 4 aromatic rings. The SMILES string of the molecule is C#CC1(O)CCC2C3CCC4=Cc5oncc5CC4(C)C3CCC21C.COc1c(C(C)C)oc2cc3oc(=O)ccc3cc12. The molecular weight excluding hydrogens is 554 g/mol. The van der Waals surface area contributed by atoms with Crippen LogP contribution in [0.3, 0.4) is 0 Å². The summed E-state index contributed by atoms with van der Waals surface area (Å²) >= 11 is 0. The maximum Gasteiger partial charge on any atom is 0.336 e. The van der Waals surface area contributed by atoms with E-state index in [9.17, 15) is 9.90 Å². The summed E-state index contributed by atoms with van der Waals surface area (Å²) in [5.74, 6) is 7.41. The Morgan fingerprint density at radius 1 is 1.09 bits per heavy atom. The lowest BCUT2D eigenvalue weighted by Crippen LogP contribution is -2.54. The summed E-state index contributed by atoms with van der Waals surface area (Å²) < 4.78 is 21.8. The standard InChI is InChI=1S/C22H27NO2.C15H14O4/c1-4-22(24)10-8-18-16-6-5-15-11-19-14(13-23-25-19)12-20(15,2)17(16)7-9-21(18,22)3;1-8(2)14-15(17-3)10-6-9-4-5-13(16)18-11(9)7-12(10)19-14/h1,11,13,16-18,24H,5-10,12H2,2-3H3;4-8H,1-3H3. The van der Waals surface area contributed by atoms with Gasteiger partial charge in [0, 0.05) is 34.4 Å². The maximum atomic E-state index is 11.2. The van der Waals surface area contributed by atoms with Gasteiger partial charge in [0.05, 0.1) is 18.7 Å². The molecule has 8 rings (SSSR count). The van der Waals surface area contributed by atoms with Crippen LogP contribution < -0.4 is 10.4 Å². The number of nitrogens with zero attached hydrogens (tertiary/aromatic N) is 1. The van der Waals surface area contributed by atoms with Gasteiger partial charge in [-0.15, -0.1) is 6.42 Å². The monoisotopic (exact) mass is 595 g/mol. The van der Waals surface area contributed by atoms with E-state index in [1.54, 1.807) is 24.8 Å². The van der Waals surface area contributed by atoms with E-state index >= 15 is 0 Å². The van der Waals surface area contributed by atoms with Crippen molar-refractivity contribution in [2.24, 2.45) is 28.6 Å². The van der Waals surface area contributed by atoms with Crippen LogP contribution in [0.2, 0.25) is 0 Å². The number of rotatable bonds is 2. The average Bonchev–Trinajstić information content (AvgIpc) is 3.68. The summed E-state index contributed by atoms with van der Waals surface area (Å²) in [5.41, 5.74) is 2.81. The number of terminal acetylenes is 1. The Balaban J connectivity index is 0.000000148. The van der Waals surface area contributed by atoms with Crippen molar-refractivity contribution in [2.75, 3.05) is 7.11 Å². The average molecular weight is 596 g/mol. The second-order valence-corrected chi connectivity index (χ2v) is 14.2. The highest BCUT2D eigenvalue weighted by molar-refractivity contribution is 5.97. The van der Waals surface area contributed by atoms with Crippen LogP contribution in [0, 0.1) is 40.9 Å². The predicted molar refractivity (Wildman–Crippen MR) is 169 cm³/mol. The Morgan fingerprint density at radius 3 is 2.64 bits per heavy atom. The molecule has 0 amide bonds. The first-order valence-electron chi connectivity index (χ1n) is 15.9. The molecule has 1 aromatic carbocycles. The highest BCUT2D eigenvalue weighted by Crippen LogP contribution is 2.67. The Morgan fingerprint density at radius 2 is 1.89 bits per heavy atom. The highest BCUT2D eigenvalue weighted by atomic mass is 16.5. The molecule has 4 aliphatic carbocycles. The van der Waals surface area contributed by atoms with Gasteiger partial charge >= 0.3 is 5.63 Å². The number of benzene rings is 1. The van der Waals surface area contributed by atoms with Gasteiger partial charge in [-0.3, -0.25) is 0 Å². The topological polar surface area (TPSA) is 98.8 Å². The van der Waals surface area contributed by atoms with Crippen molar-refractivity contribution in [1.29, 1.82) is 0 Å². The lowest BCUT2D eigenvalue weighted by Gasteiger charge is -2.58. The molecule has 7 nitrogen and oxygen atoms in total. The van der Waals surface area contributed by atoms with Crippen molar-refractivity contribution < 1.29 is 23.2 Å². The zero-order valence-electron chi connectivity index (χ0n) is 26.2. The quantitative estimate of drug-likeness (QED) is 0.186. The Bertz CT molecular complexity index is 1880. The lowest BCUT2D eigenvalue weighted by atomic mass is 9.46. The van der Waals surface area contributed by atoms with Crippen molar-refractivity contribution in [3.63, 3.8) is 0 Å². The number of methoxy groups -OCH3 is 1. The van der Waals surface area contributed by atoms with E-state index in [0.29, 0.717) is 28.9 Å². The molecule has 0 saturated heterocycles. The second kappa shape index (κ2) is 10.1. The lowest BCUT2D eigenvalue weighted by molar-refractivity contribution is -0.0975. The number of aliphatic hydroxyl groups is 1. The van der Waals surface area contributed by atoms with Crippen LogP contribution in [0.25, 0.3) is 28.0 Å². The number of aromatic nitrogens is 1. The molecule has 3 heterocycles. The third kappa shape index (κ3) is 4.14. The van der Waals surface area contributed by atoms with Crippen LogP contribution in [-0.2, 0) is 6.42 Å². The molecule has 6 atom stereocenters. The molecule has 0 radical (unpaired) electrons. The van der Waals surface area contributed by atoms with Crippen molar-refractivity contribution >= 4 is 28.0 Å². The van der Waals surface area contributed by atoms with Crippen LogP contribution in [0.5, 0.6) is 5.75 Å². The number of fused-ring (bicyclic) bond motifs is 8. The minimum absolute atomic E-state index is 0.114. The van der Waals surface area contributed by atoms with E-state index in [-0.39, 0.29) is 22.4 Å². The fraction of sp³-hybridized carbons (Fsp3) is 0.514. The van der Waals surface area contributed by atoms with Crippen LogP contribution in [-0.4, -0.2) is 23.0 Å². The molecule has 230 valence electrons. The number of ether oxygens (including phenoxy) is 1. The van der Waals surface area contributed by atoms with Gasteiger partial charge in [-0.2, -0.15) is 0 Å². The number of hydrogen-bond acceptors (Lipinski definition) is 7. The largest absolute Gasteiger partial charge is 0.492 e. The normalized spacial score (nSPS) is 32.1. The van der Waals surface area contributed by atoms with Gasteiger partial charge in [0.15, 0.2) is 11.5 Å². The molecule has 3 saturated carbocycles. The van der Waals surface area contributed by atoms with Gasteiger partial charge in [-0.05, 0) is 86.3 Å². The Labute approximate surface area is 257 Å². The minimum atomic E-state index is -0.909. The summed E-state index contributed by atoms with van der Waals surface area (Å²) in [5, 5.41) is 16.8. The van der Waals surface area contributed by atoms with E-state index in [2.05, 4.69) is 31.0 Å². The van der Waals surface area contributed by atoms with Gasteiger partial charge in [0.1, 0.15) is 22.5 Å². The van der Waals surface area contributed by atoms with Crippen molar-refractivity contribution in [1.82, 2.24) is 5.16 Å². The van der Waals surface area contributed by atoms with Crippen molar-refractivity contribution in [3.05, 3.63) is 63.5 Å². The smallest absolute Gasteiger partial charge is 0.336 e. The molecule has 1 N–H and O–H groups in total. The van der Waals surface area contributed by atoms with Gasteiger partial charge in [0.2, 0.25) is 0 Å². The fourth-order valence-electron chi connectivity index (χ4n) is 9.38. The van der Waals surface area contributed by atoms with Crippen LogP contribution in [0.4, 0.5) is 0 Å². The van der Waals surface area contributed by atoms with E-state index < -0.39 is 5.60 Å². The maximum absolute atomic E-state index is 11.2. The molecular formula is C37H41NO6. The zero-order valence-corrected chi connectivity index (χ0v) is 26.2. The fourth-order valence-corrected chi connectivity index (χ4v) is 9.38. The number of hydrogen-bond donors (Lipinski definition) is 1. The van der Waals surface area contributed by atoms with Gasteiger partial charge in [-0.1, -0.05) is 44.3 Å². The zero-order chi connectivity index (χ0) is 31.0. The predicted octanol–water partition coefficient (Wildman–Crippen LogP) is 7.89. The molecule has 0 bridgehead atoms. The number of furan rings is 1. The van der Waals surface area contributed by atoms with Crippen LogP contribution in [0.1, 0.15) is 89.2 Å². The summed E-state index contributed by atoms with van der Waals surface area (Å²) in [7, 11) is 1.63. The Kier molecular flexibility index (Phi) is 6.68. The molecule has 6 unspecified atom stereocenters. The van der Waals surface area contributed by atoms with Crippen LogP contribution >= 0.6 is 0 Å². The molecule has 4 aliphatic rings. The molecule has 0 spiro atoms. The summed E-state index contributed by atoms with van der Waals surface area (Å²) in [6.45, 7) is 8.80. The highest BCUT2D eigenvalue weighted by Gasteiger charge is 2.63. The molecule has 7 heteroatoms. The summed E-state index contributed by atoms with van der Waals surface area (Å²) in [6.07, 6.45) is 17.4. The first-order chi connectivity index (χ1) is 21.0. The van der Waals surface area contributed by atoms with E-state index in [1.165, 1.54) is 18.1 Å². The summed E-state index contributed by atoms with van der Waals surface area (Å²) in [4.78, 5) is 11.2. The van der Waals surface area contributed by atoms with E-state index in [0.717, 1.165) is 66.6 Å². The molecule has 3 aromatic heterocycles. The van der Waals surface area contributed by atoms with Gasteiger partial charge < -0.3 is 23.2 Å². The number of allylic oxidation sites excluding steroid dienone is 1. The molecule has 44 heavy (non-hydrogen) atoms. The third-order valence-corrected chi connectivity index (χ3v) is 11.8. The molecule has 0 aliphatic heterocycles. The van der Waals surface area contributed by atoms with Gasteiger partial charge in [-0.25, -0.2) is 4.79 Å². The van der Waals surface area contributed by atoms with Gasteiger partial charge in [0.25, 0.3) is 0 Å². The third-order valence-electron chi connectivity index (χ3n) is 11.8.